The van der Waals surface area contributed by atoms with Crippen LogP contribution in [0.2, 0.25) is 0 Å². The van der Waals surface area contributed by atoms with Crippen molar-refractivity contribution in [3.63, 3.8) is 0 Å². The molecule has 1 saturated heterocycles. The molecule has 0 saturated carbocycles. The van der Waals surface area contributed by atoms with E-state index < -0.39 is 19.0 Å². The Morgan fingerprint density at radius 1 is 1.39 bits per heavy atom. The van der Waals surface area contributed by atoms with Crippen LogP contribution >= 0.6 is 0 Å². The van der Waals surface area contributed by atoms with Crippen molar-refractivity contribution in [2.75, 3.05) is 26.4 Å². The molecule has 4 heteroatoms. The van der Waals surface area contributed by atoms with Crippen molar-refractivity contribution in [3.8, 4) is 11.5 Å². The highest BCUT2D eigenvalue weighted by atomic mass is 16.7. The quantitative estimate of drug-likeness (QED) is 0.884. The molecule has 0 radical (unpaired) electrons. The Morgan fingerprint density at radius 2 is 2.28 bits per heavy atom. The van der Waals surface area contributed by atoms with Crippen LogP contribution in [0, 0.1) is 0 Å². The summed E-state index contributed by atoms with van der Waals surface area (Å²) in [6.45, 7) is -1.58. The van der Waals surface area contributed by atoms with E-state index in [1.165, 1.54) is 17.0 Å². The molecule has 18 heavy (non-hydrogen) atoms. The first-order chi connectivity index (χ1) is 10.3. The van der Waals surface area contributed by atoms with Gasteiger partial charge in [0.05, 0.1) is 6.10 Å². The highest BCUT2D eigenvalue weighted by Gasteiger charge is 2.18. The molecule has 2 aliphatic rings. The van der Waals surface area contributed by atoms with Crippen LogP contribution in [0.15, 0.2) is 18.2 Å². The summed E-state index contributed by atoms with van der Waals surface area (Å²) in [5.74, 6) is 0.962. The first-order valence-corrected chi connectivity index (χ1v) is 6.15. The molecule has 2 aliphatic heterocycles. The fourth-order valence-corrected chi connectivity index (χ4v) is 2.17. The monoisotopic (exact) mass is 253 g/mol. The van der Waals surface area contributed by atoms with Crippen LogP contribution in [0.3, 0.4) is 0 Å². The van der Waals surface area contributed by atoms with E-state index in [9.17, 15) is 5.11 Å². The molecule has 1 atom stereocenters. The maximum atomic E-state index is 9.74. The van der Waals surface area contributed by atoms with Crippen molar-refractivity contribution in [3.05, 3.63) is 23.8 Å². The number of hydrogen-bond donors (Lipinski definition) is 1. The van der Waals surface area contributed by atoms with Crippen molar-refractivity contribution in [2.24, 2.45) is 0 Å². The number of benzene rings is 1. The molecule has 2 heterocycles. The van der Waals surface area contributed by atoms with Crippen molar-refractivity contribution >= 4 is 0 Å². The lowest BCUT2D eigenvalue weighted by atomic mass is 10.1. The van der Waals surface area contributed by atoms with Gasteiger partial charge < -0.3 is 19.5 Å². The summed E-state index contributed by atoms with van der Waals surface area (Å²) in [7, 11) is 0. The van der Waals surface area contributed by atoms with Crippen LogP contribution < -0.4 is 9.47 Å². The van der Waals surface area contributed by atoms with E-state index in [0.29, 0.717) is 30.9 Å². The second-order valence-corrected chi connectivity index (χ2v) is 4.55. The number of hydrogen-bond acceptors (Lipinski definition) is 4. The molecular formula is C14H19NO3. The molecule has 0 bridgehead atoms. The Morgan fingerprint density at radius 3 is 3.17 bits per heavy atom. The summed E-state index contributed by atoms with van der Waals surface area (Å²) in [5.41, 5.74) is 0.196. The predicted octanol–water partition coefficient (Wildman–Crippen LogP) is 1.41. The van der Waals surface area contributed by atoms with E-state index >= 15 is 0 Å². The van der Waals surface area contributed by atoms with Crippen LogP contribution in [0.5, 0.6) is 11.5 Å². The number of aryl methyl sites for hydroxylation is 1. The van der Waals surface area contributed by atoms with Crippen LogP contribution in [0.25, 0.3) is 0 Å². The number of rotatable bonds is 3. The second-order valence-electron chi connectivity index (χ2n) is 4.55. The zero-order chi connectivity index (χ0) is 16.0. The lowest BCUT2D eigenvalue weighted by molar-refractivity contribution is 0.0714. The van der Waals surface area contributed by atoms with Gasteiger partial charge >= 0.3 is 0 Å². The lowest BCUT2D eigenvalue weighted by Crippen LogP contribution is -2.39. The average molecular weight is 253 g/mol. The Labute approximate surface area is 113 Å². The molecule has 98 valence electrons. The predicted molar refractivity (Wildman–Crippen MR) is 67.9 cm³/mol. The summed E-state index contributed by atoms with van der Waals surface area (Å²) >= 11 is 0. The summed E-state index contributed by atoms with van der Waals surface area (Å²) in [4.78, 5) is 1.38. The fraction of sp³-hybridized carbons (Fsp3) is 0.571. The van der Waals surface area contributed by atoms with Crippen LogP contribution in [-0.4, -0.2) is 42.5 Å². The van der Waals surface area contributed by atoms with Crippen molar-refractivity contribution in [1.29, 1.82) is 0 Å². The Balaban J connectivity index is 1.90. The highest BCUT2D eigenvalue weighted by Crippen LogP contribution is 2.32. The Hall–Kier alpha value is -1.26. The summed E-state index contributed by atoms with van der Waals surface area (Å²) < 4.78 is 43.6. The molecule has 0 amide bonds. The van der Waals surface area contributed by atoms with Crippen LogP contribution in [-0.2, 0) is 6.37 Å². The van der Waals surface area contributed by atoms with Gasteiger partial charge in [0, 0.05) is 18.5 Å². The maximum Gasteiger partial charge on any atom is 0.231 e. The minimum Gasteiger partial charge on any atom is -0.454 e. The Kier molecular flexibility index (Phi) is 2.30. The smallest absolute Gasteiger partial charge is 0.231 e. The van der Waals surface area contributed by atoms with E-state index in [0.717, 1.165) is 0 Å². The number of fused-ring (bicyclic) bond motifs is 1. The second kappa shape index (κ2) is 5.16. The largest absolute Gasteiger partial charge is 0.454 e. The third-order valence-electron chi connectivity index (χ3n) is 3.13. The molecule has 1 unspecified atom stereocenters. The summed E-state index contributed by atoms with van der Waals surface area (Å²) in [6.07, 6.45) is -1.58. The number of piperidine rings is 1. The van der Waals surface area contributed by atoms with Crippen molar-refractivity contribution in [2.45, 2.75) is 25.3 Å². The van der Waals surface area contributed by atoms with Gasteiger partial charge in [-0.2, -0.15) is 0 Å². The van der Waals surface area contributed by atoms with E-state index in [1.54, 1.807) is 6.07 Å². The first kappa shape index (κ1) is 8.02. The molecule has 1 fully saturated rings. The topological polar surface area (TPSA) is 41.9 Å². The SMILES string of the molecule is [2H]C([2H])(c1ccc2c(c1)OCO2)C([2H])([2H])N1CCCC(O)C1. The molecule has 4 nitrogen and oxygen atoms in total. The number of β-amino-alcohol motifs (C(OH)–C–C–N with tert-alkyl or cyclic N) is 1. The molecular weight excluding hydrogens is 230 g/mol. The van der Waals surface area contributed by atoms with E-state index in [1.807, 2.05) is 0 Å². The van der Waals surface area contributed by atoms with Crippen LogP contribution in [0.4, 0.5) is 0 Å². The van der Waals surface area contributed by atoms with E-state index in [2.05, 4.69) is 0 Å². The minimum atomic E-state index is -2.24. The molecule has 0 spiro atoms. The zero-order valence-corrected chi connectivity index (χ0v) is 10.1. The van der Waals surface area contributed by atoms with Gasteiger partial charge in [-0.25, -0.2) is 0 Å². The van der Waals surface area contributed by atoms with Gasteiger partial charge in [-0.15, -0.1) is 0 Å². The molecule has 1 aromatic carbocycles. The van der Waals surface area contributed by atoms with Gasteiger partial charge in [0.15, 0.2) is 11.5 Å². The number of likely N-dealkylation sites (tertiary alicyclic amines) is 1. The number of aliphatic hydroxyl groups excluding tert-OH is 1. The number of nitrogens with zero attached hydrogens (tertiary/aromatic N) is 1. The molecule has 1 N–H and O–H groups in total. The van der Waals surface area contributed by atoms with E-state index in [4.69, 9.17) is 15.0 Å². The van der Waals surface area contributed by atoms with Gasteiger partial charge in [-0.3, -0.25) is 0 Å². The molecule has 0 aromatic heterocycles. The molecule has 3 rings (SSSR count). The number of aliphatic hydroxyl groups is 1. The van der Waals surface area contributed by atoms with Gasteiger partial charge in [0.25, 0.3) is 0 Å². The van der Waals surface area contributed by atoms with Gasteiger partial charge in [0.1, 0.15) is 0 Å². The number of ether oxygens (including phenoxy) is 2. The van der Waals surface area contributed by atoms with Crippen molar-refractivity contribution < 1.29 is 20.1 Å². The maximum absolute atomic E-state index is 9.74. The third-order valence-corrected chi connectivity index (χ3v) is 3.13. The lowest BCUT2D eigenvalue weighted by Gasteiger charge is -2.29. The highest BCUT2D eigenvalue weighted by molar-refractivity contribution is 5.44. The van der Waals surface area contributed by atoms with Gasteiger partial charge in [0.2, 0.25) is 6.79 Å². The van der Waals surface area contributed by atoms with Crippen molar-refractivity contribution in [1.82, 2.24) is 4.90 Å². The van der Waals surface area contributed by atoms with Crippen LogP contribution in [0.1, 0.15) is 23.9 Å². The molecule has 1 aromatic rings. The Bertz CT molecular complexity index is 567. The first-order valence-electron chi connectivity index (χ1n) is 8.15. The third kappa shape index (κ3) is 2.60. The van der Waals surface area contributed by atoms with Gasteiger partial charge in [-0.05, 0) is 43.5 Å². The summed E-state index contributed by atoms with van der Waals surface area (Å²) in [6, 6.07) is 4.60. The fourth-order valence-electron chi connectivity index (χ4n) is 2.17. The van der Waals surface area contributed by atoms with Gasteiger partial charge in [-0.1, -0.05) is 6.07 Å². The normalized spacial score (nSPS) is 28.2. The molecule has 0 aliphatic carbocycles. The van der Waals surface area contributed by atoms with E-state index in [-0.39, 0.29) is 18.9 Å². The average Bonchev–Trinajstić information content (AvgIpc) is 2.94. The summed E-state index contributed by atoms with van der Waals surface area (Å²) in [5, 5.41) is 9.74. The minimum absolute atomic E-state index is 0.0903. The standard InChI is InChI=1S/C14H19NO3/c16-12-2-1-6-15(9-12)7-5-11-3-4-13-14(8-11)18-10-17-13/h3-4,8,12,16H,1-2,5-7,9-10H2/i5D2,7D2. The zero-order valence-electron chi connectivity index (χ0n) is 14.1.